The minimum Gasteiger partial charge on any atom is -0.317 e. The molecule has 20 heavy (non-hydrogen) atoms. The van der Waals surface area contributed by atoms with Crippen molar-refractivity contribution in [3.63, 3.8) is 0 Å². The van der Waals surface area contributed by atoms with Crippen molar-refractivity contribution in [2.75, 3.05) is 40.8 Å². The van der Waals surface area contributed by atoms with E-state index in [9.17, 15) is 0 Å². The number of rotatable bonds is 6. The predicted molar refractivity (Wildman–Crippen MR) is 83.0 cm³/mol. The fourth-order valence-corrected chi connectivity index (χ4v) is 2.96. The summed E-state index contributed by atoms with van der Waals surface area (Å²) in [5, 5.41) is 7.84. The molecule has 1 aromatic heterocycles. The second-order valence-corrected chi connectivity index (χ2v) is 6.03. The molecule has 0 aromatic carbocycles. The summed E-state index contributed by atoms with van der Waals surface area (Å²) in [4.78, 5) is 4.94. The molecule has 0 spiro atoms. The minimum atomic E-state index is 0.517. The molecule has 114 valence electrons. The van der Waals surface area contributed by atoms with Crippen molar-refractivity contribution in [3.05, 3.63) is 18.0 Å². The first-order valence-electron chi connectivity index (χ1n) is 7.69. The number of hydrogen-bond donors (Lipinski definition) is 1. The standard InChI is InChI=1S/C15H29N5/c1-5-20-11-13(10-17-20)8-14(16-2)9-15-12-18(3)6-7-19(15)4/h10-11,14-16H,5-9,12H2,1-4H3. The lowest BCUT2D eigenvalue weighted by molar-refractivity contribution is 0.102. The van der Waals surface area contributed by atoms with E-state index in [0.717, 1.165) is 13.0 Å². The van der Waals surface area contributed by atoms with Crippen LogP contribution >= 0.6 is 0 Å². The number of piperazine rings is 1. The summed E-state index contributed by atoms with van der Waals surface area (Å²) in [5.41, 5.74) is 1.33. The van der Waals surface area contributed by atoms with Gasteiger partial charge in [0.25, 0.3) is 0 Å². The molecule has 2 atom stereocenters. The zero-order chi connectivity index (χ0) is 14.5. The third kappa shape index (κ3) is 4.04. The van der Waals surface area contributed by atoms with E-state index in [2.05, 4.69) is 54.5 Å². The van der Waals surface area contributed by atoms with Gasteiger partial charge in [-0.1, -0.05) is 0 Å². The third-order valence-corrected chi connectivity index (χ3v) is 4.44. The lowest BCUT2D eigenvalue weighted by Crippen LogP contribution is -2.52. The van der Waals surface area contributed by atoms with Crippen molar-refractivity contribution in [2.24, 2.45) is 0 Å². The van der Waals surface area contributed by atoms with Crippen LogP contribution in [0.25, 0.3) is 0 Å². The maximum Gasteiger partial charge on any atom is 0.0522 e. The Bertz CT molecular complexity index is 403. The molecule has 0 bridgehead atoms. The van der Waals surface area contributed by atoms with Gasteiger partial charge < -0.3 is 15.1 Å². The van der Waals surface area contributed by atoms with E-state index in [-0.39, 0.29) is 0 Å². The van der Waals surface area contributed by atoms with E-state index >= 15 is 0 Å². The molecule has 0 radical (unpaired) electrons. The lowest BCUT2D eigenvalue weighted by atomic mass is 9.99. The van der Waals surface area contributed by atoms with Crippen molar-refractivity contribution in [3.8, 4) is 0 Å². The zero-order valence-corrected chi connectivity index (χ0v) is 13.3. The molecule has 2 unspecified atom stereocenters. The Morgan fingerprint density at radius 2 is 2.20 bits per heavy atom. The lowest BCUT2D eigenvalue weighted by Gasteiger charge is -2.39. The van der Waals surface area contributed by atoms with Crippen molar-refractivity contribution >= 4 is 0 Å². The fraction of sp³-hybridized carbons (Fsp3) is 0.800. The van der Waals surface area contributed by atoms with E-state index in [0.29, 0.717) is 12.1 Å². The average Bonchev–Trinajstić information content (AvgIpc) is 2.89. The highest BCUT2D eigenvalue weighted by atomic mass is 15.3. The Labute approximate surface area is 122 Å². The number of aromatic nitrogens is 2. The maximum absolute atomic E-state index is 4.37. The van der Waals surface area contributed by atoms with Gasteiger partial charge in [0.15, 0.2) is 0 Å². The molecule has 2 heterocycles. The number of hydrogen-bond acceptors (Lipinski definition) is 4. The van der Waals surface area contributed by atoms with E-state index < -0.39 is 0 Å². The van der Waals surface area contributed by atoms with Gasteiger partial charge in [0.1, 0.15) is 0 Å². The van der Waals surface area contributed by atoms with Crippen LogP contribution in [0.5, 0.6) is 0 Å². The van der Waals surface area contributed by atoms with Crippen molar-refractivity contribution < 1.29 is 0 Å². The average molecular weight is 279 g/mol. The molecule has 5 heteroatoms. The zero-order valence-electron chi connectivity index (χ0n) is 13.3. The largest absolute Gasteiger partial charge is 0.317 e. The summed E-state index contributed by atoms with van der Waals surface area (Å²) >= 11 is 0. The van der Waals surface area contributed by atoms with Gasteiger partial charge in [0.2, 0.25) is 0 Å². The first-order valence-corrected chi connectivity index (χ1v) is 7.69. The SMILES string of the molecule is CCn1cc(CC(CC2CN(C)CCN2C)NC)cn1. The van der Waals surface area contributed by atoms with E-state index in [1.165, 1.54) is 31.6 Å². The molecule has 1 fully saturated rings. The van der Waals surface area contributed by atoms with Gasteiger partial charge in [-0.3, -0.25) is 4.68 Å². The summed E-state index contributed by atoms with van der Waals surface area (Å²) < 4.78 is 2.00. The summed E-state index contributed by atoms with van der Waals surface area (Å²) in [6.07, 6.45) is 6.42. The predicted octanol–water partition coefficient (Wildman–Crippen LogP) is 0.669. The smallest absolute Gasteiger partial charge is 0.0522 e. The number of nitrogens with one attached hydrogen (secondary N) is 1. The summed E-state index contributed by atoms with van der Waals surface area (Å²) in [6, 6.07) is 1.16. The first-order chi connectivity index (χ1) is 9.62. The highest BCUT2D eigenvalue weighted by Gasteiger charge is 2.24. The van der Waals surface area contributed by atoms with E-state index in [1.54, 1.807) is 0 Å². The molecule has 0 aliphatic carbocycles. The second-order valence-electron chi connectivity index (χ2n) is 6.03. The molecule has 1 N–H and O–H groups in total. The molecule has 0 amide bonds. The number of aryl methyl sites for hydroxylation is 1. The van der Waals surface area contributed by atoms with Crippen molar-refractivity contribution in [2.45, 2.75) is 38.4 Å². The highest BCUT2D eigenvalue weighted by molar-refractivity contribution is 5.06. The van der Waals surface area contributed by atoms with Gasteiger partial charge in [-0.15, -0.1) is 0 Å². The molecule has 1 aliphatic heterocycles. The Balaban J connectivity index is 1.90. The molecule has 5 nitrogen and oxygen atoms in total. The fourth-order valence-electron chi connectivity index (χ4n) is 2.96. The molecular formula is C15H29N5. The molecule has 0 saturated carbocycles. The van der Waals surface area contributed by atoms with E-state index in [4.69, 9.17) is 0 Å². The van der Waals surface area contributed by atoms with Crippen LogP contribution in [0, 0.1) is 0 Å². The van der Waals surface area contributed by atoms with Gasteiger partial charge in [0.05, 0.1) is 6.20 Å². The monoisotopic (exact) mass is 279 g/mol. The van der Waals surface area contributed by atoms with Gasteiger partial charge in [-0.25, -0.2) is 0 Å². The van der Waals surface area contributed by atoms with Crippen LogP contribution in [0.2, 0.25) is 0 Å². The molecular weight excluding hydrogens is 250 g/mol. The molecule has 2 rings (SSSR count). The number of nitrogens with zero attached hydrogens (tertiary/aromatic N) is 4. The Kier molecular flexibility index (Phi) is 5.57. The van der Waals surface area contributed by atoms with Gasteiger partial charge in [-0.2, -0.15) is 5.10 Å². The van der Waals surface area contributed by atoms with Gasteiger partial charge in [-0.05, 0) is 46.5 Å². The Morgan fingerprint density at radius 3 is 2.85 bits per heavy atom. The number of likely N-dealkylation sites (N-methyl/N-ethyl adjacent to an activating group) is 3. The molecule has 1 aromatic rings. The summed E-state index contributed by atoms with van der Waals surface area (Å²) in [5.74, 6) is 0. The molecule has 1 saturated heterocycles. The molecule has 1 aliphatic rings. The van der Waals surface area contributed by atoms with Crippen LogP contribution in [-0.4, -0.2) is 72.4 Å². The highest BCUT2D eigenvalue weighted by Crippen LogP contribution is 2.14. The van der Waals surface area contributed by atoms with Crippen molar-refractivity contribution in [1.82, 2.24) is 24.9 Å². The summed E-state index contributed by atoms with van der Waals surface area (Å²) in [7, 11) is 6.54. The minimum absolute atomic E-state index is 0.517. The van der Waals surface area contributed by atoms with Crippen LogP contribution in [0.15, 0.2) is 12.4 Å². The van der Waals surface area contributed by atoms with E-state index in [1.807, 2.05) is 10.9 Å². The Hall–Kier alpha value is -0.910. The normalized spacial score (nSPS) is 23.1. The second kappa shape index (κ2) is 7.20. The Morgan fingerprint density at radius 1 is 1.40 bits per heavy atom. The quantitative estimate of drug-likeness (QED) is 0.830. The van der Waals surface area contributed by atoms with Crippen LogP contribution in [0.1, 0.15) is 18.9 Å². The third-order valence-electron chi connectivity index (χ3n) is 4.44. The van der Waals surface area contributed by atoms with Gasteiger partial charge >= 0.3 is 0 Å². The van der Waals surface area contributed by atoms with Crippen LogP contribution in [0.4, 0.5) is 0 Å². The van der Waals surface area contributed by atoms with Gasteiger partial charge in [0, 0.05) is 44.5 Å². The van der Waals surface area contributed by atoms with Crippen LogP contribution < -0.4 is 5.32 Å². The van der Waals surface area contributed by atoms with Crippen LogP contribution in [-0.2, 0) is 13.0 Å². The summed E-state index contributed by atoms with van der Waals surface area (Å²) in [6.45, 7) is 6.59. The van der Waals surface area contributed by atoms with Crippen molar-refractivity contribution in [1.29, 1.82) is 0 Å². The first kappa shape index (κ1) is 15.5. The topological polar surface area (TPSA) is 36.3 Å². The van der Waals surface area contributed by atoms with Crippen LogP contribution in [0.3, 0.4) is 0 Å². The maximum atomic E-state index is 4.37.